The second-order valence-corrected chi connectivity index (χ2v) is 4.23. The van der Waals surface area contributed by atoms with Crippen LogP contribution >= 0.6 is 0 Å². The highest BCUT2D eigenvalue weighted by Gasteiger charge is 2.06. The Hall–Kier alpha value is -2.30. The minimum absolute atomic E-state index is 0.300. The zero-order valence-electron chi connectivity index (χ0n) is 10.4. The van der Waals surface area contributed by atoms with Gasteiger partial charge in [-0.1, -0.05) is 0 Å². The first-order valence-electron chi connectivity index (χ1n) is 5.58. The highest BCUT2D eigenvalue weighted by atomic mass is 16.4. The van der Waals surface area contributed by atoms with Gasteiger partial charge in [-0.2, -0.15) is 5.10 Å². The molecule has 0 aliphatic rings. The van der Waals surface area contributed by atoms with Crippen molar-refractivity contribution in [2.24, 2.45) is 7.05 Å². The summed E-state index contributed by atoms with van der Waals surface area (Å²) in [6.07, 6.45) is 3.78. The van der Waals surface area contributed by atoms with Crippen LogP contribution < -0.4 is 4.90 Å². The van der Waals surface area contributed by atoms with E-state index >= 15 is 0 Å². The largest absolute Gasteiger partial charge is 0.478 e. The second-order valence-electron chi connectivity index (χ2n) is 4.23. The molecule has 0 atom stereocenters. The molecule has 0 unspecified atom stereocenters. The first-order chi connectivity index (χ1) is 8.56. The second kappa shape index (κ2) is 4.91. The average molecular weight is 245 g/mol. The van der Waals surface area contributed by atoms with Gasteiger partial charge in [0.2, 0.25) is 0 Å². The lowest BCUT2D eigenvalue weighted by molar-refractivity contribution is 0.0697. The molecule has 1 aromatic heterocycles. The molecule has 0 radical (unpaired) electrons. The van der Waals surface area contributed by atoms with Gasteiger partial charge in [0.05, 0.1) is 11.8 Å². The molecular weight excluding hydrogens is 230 g/mol. The monoisotopic (exact) mass is 245 g/mol. The summed E-state index contributed by atoms with van der Waals surface area (Å²) < 4.78 is 1.76. The Kier molecular flexibility index (Phi) is 3.32. The summed E-state index contributed by atoms with van der Waals surface area (Å²) in [5.41, 5.74) is 2.39. The first-order valence-corrected chi connectivity index (χ1v) is 5.58. The number of hydrogen-bond acceptors (Lipinski definition) is 3. The van der Waals surface area contributed by atoms with E-state index in [-0.39, 0.29) is 0 Å². The van der Waals surface area contributed by atoms with Crippen LogP contribution in [0.2, 0.25) is 0 Å². The third-order valence-corrected chi connectivity index (χ3v) is 2.73. The molecule has 2 rings (SSSR count). The fourth-order valence-electron chi connectivity index (χ4n) is 1.78. The number of aryl methyl sites for hydroxylation is 1. The number of hydrogen-bond donors (Lipinski definition) is 1. The number of anilines is 1. The molecule has 1 aromatic carbocycles. The fraction of sp³-hybridized carbons (Fsp3) is 0.231. The van der Waals surface area contributed by atoms with Gasteiger partial charge in [-0.15, -0.1) is 0 Å². The van der Waals surface area contributed by atoms with E-state index in [4.69, 9.17) is 5.11 Å². The molecule has 0 saturated heterocycles. The van der Waals surface area contributed by atoms with Crippen molar-refractivity contribution >= 4 is 11.7 Å². The lowest BCUT2D eigenvalue weighted by Crippen LogP contribution is -2.16. The van der Waals surface area contributed by atoms with E-state index in [1.165, 1.54) is 0 Å². The van der Waals surface area contributed by atoms with Gasteiger partial charge < -0.3 is 10.0 Å². The summed E-state index contributed by atoms with van der Waals surface area (Å²) >= 11 is 0. The van der Waals surface area contributed by atoms with Gasteiger partial charge >= 0.3 is 5.97 Å². The SMILES string of the molecule is CN(Cc1cnn(C)c1)c1ccc(C(=O)O)cc1. The van der Waals surface area contributed by atoms with E-state index in [2.05, 4.69) is 5.10 Å². The van der Waals surface area contributed by atoms with Crippen LogP contribution in [0, 0.1) is 0 Å². The molecule has 0 saturated carbocycles. The smallest absolute Gasteiger partial charge is 0.335 e. The van der Waals surface area contributed by atoms with E-state index in [9.17, 15) is 4.79 Å². The Balaban J connectivity index is 2.09. The van der Waals surface area contributed by atoms with Crippen LogP contribution in [-0.2, 0) is 13.6 Å². The summed E-state index contributed by atoms with van der Waals surface area (Å²) in [5, 5.41) is 12.9. The van der Waals surface area contributed by atoms with Crippen LogP contribution in [0.15, 0.2) is 36.7 Å². The molecule has 1 N–H and O–H groups in total. The summed E-state index contributed by atoms with van der Waals surface area (Å²) in [4.78, 5) is 12.8. The zero-order chi connectivity index (χ0) is 13.1. The van der Waals surface area contributed by atoms with Crippen LogP contribution in [0.5, 0.6) is 0 Å². The quantitative estimate of drug-likeness (QED) is 0.891. The first kappa shape index (κ1) is 12.2. The molecule has 5 nitrogen and oxygen atoms in total. The van der Waals surface area contributed by atoms with E-state index in [0.29, 0.717) is 5.56 Å². The number of aromatic carboxylic acids is 1. The lowest BCUT2D eigenvalue weighted by atomic mass is 10.2. The summed E-state index contributed by atoms with van der Waals surface area (Å²) in [6.45, 7) is 0.736. The van der Waals surface area contributed by atoms with Gasteiger partial charge in [0.1, 0.15) is 0 Å². The van der Waals surface area contributed by atoms with Crippen LogP contribution in [0.1, 0.15) is 15.9 Å². The highest BCUT2D eigenvalue weighted by Crippen LogP contribution is 2.16. The van der Waals surface area contributed by atoms with Crippen molar-refractivity contribution in [3.8, 4) is 0 Å². The minimum Gasteiger partial charge on any atom is -0.478 e. The average Bonchev–Trinajstić information content (AvgIpc) is 2.75. The maximum absolute atomic E-state index is 10.8. The van der Waals surface area contributed by atoms with E-state index < -0.39 is 5.97 Å². The van der Waals surface area contributed by atoms with Crippen molar-refractivity contribution in [1.29, 1.82) is 0 Å². The molecular formula is C13H15N3O2. The number of aromatic nitrogens is 2. The lowest BCUT2D eigenvalue weighted by Gasteiger charge is -2.18. The van der Waals surface area contributed by atoms with Gasteiger partial charge in [-0.25, -0.2) is 4.79 Å². The molecule has 0 bridgehead atoms. The van der Waals surface area contributed by atoms with Crippen molar-refractivity contribution in [2.45, 2.75) is 6.54 Å². The number of carboxylic acids is 1. The van der Waals surface area contributed by atoms with Crippen molar-refractivity contribution in [3.05, 3.63) is 47.8 Å². The minimum atomic E-state index is -0.906. The molecule has 0 spiro atoms. The molecule has 0 aliphatic heterocycles. The number of carbonyl (C=O) groups is 1. The van der Waals surface area contributed by atoms with Crippen molar-refractivity contribution < 1.29 is 9.90 Å². The van der Waals surface area contributed by atoms with E-state index in [1.54, 1.807) is 28.9 Å². The fourth-order valence-corrected chi connectivity index (χ4v) is 1.78. The molecule has 0 aliphatic carbocycles. The molecule has 1 heterocycles. The Morgan fingerprint density at radius 3 is 2.56 bits per heavy atom. The van der Waals surface area contributed by atoms with E-state index in [0.717, 1.165) is 17.8 Å². The van der Waals surface area contributed by atoms with Crippen LogP contribution in [-0.4, -0.2) is 27.9 Å². The maximum Gasteiger partial charge on any atom is 0.335 e. The van der Waals surface area contributed by atoms with Crippen LogP contribution in [0.3, 0.4) is 0 Å². The molecule has 5 heteroatoms. The third-order valence-electron chi connectivity index (χ3n) is 2.73. The Morgan fingerprint density at radius 2 is 2.06 bits per heavy atom. The van der Waals surface area contributed by atoms with Crippen molar-refractivity contribution in [1.82, 2.24) is 9.78 Å². The summed E-state index contributed by atoms with van der Waals surface area (Å²) in [7, 11) is 3.84. The van der Waals surface area contributed by atoms with E-state index in [1.807, 2.05) is 31.4 Å². The third kappa shape index (κ3) is 2.68. The van der Waals surface area contributed by atoms with Gasteiger partial charge in [-0.05, 0) is 24.3 Å². The van der Waals surface area contributed by atoms with Crippen LogP contribution in [0.4, 0.5) is 5.69 Å². The normalized spacial score (nSPS) is 10.3. The zero-order valence-corrected chi connectivity index (χ0v) is 10.4. The Morgan fingerprint density at radius 1 is 1.39 bits per heavy atom. The topological polar surface area (TPSA) is 58.4 Å². The van der Waals surface area contributed by atoms with Gasteiger partial charge in [-0.3, -0.25) is 4.68 Å². The number of benzene rings is 1. The van der Waals surface area contributed by atoms with Gasteiger partial charge in [0.25, 0.3) is 0 Å². The predicted molar refractivity (Wildman–Crippen MR) is 68.7 cm³/mol. The Bertz CT molecular complexity index is 546. The molecule has 18 heavy (non-hydrogen) atoms. The van der Waals surface area contributed by atoms with Gasteiger partial charge in [0.15, 0.2) is 0 Å². The summed E-state index contributed by atoms with van der Waals surface area (Å²) in [6, 6.07) is 6.83. The predicted octanol–water partition coefficient (Wildman–Crippen LogP) is 1.75. The van der Waals surface area contributed by atoms with Crippen molar-refractivity contribution in [3.63, 3.8) is 0 Å². The van der Waals surface area contributed by atoms with Crippen LogP contribution in [0.25, 0.3) is 0 Å². The highest BCUT2D eigenvalue weighted by molar-refractivity contribution is 5.88. The van der Waals surface area contributed by atoms with Crippen molar-refractivity contribution in [2.75, 3.05) is 11.9 Å². The Labute approximate surface area is 105 Å². The molecule has 0 fully saturated rings. The molecule has 2 aromatic rings. The molecule has 0 amide bonds. The summed E-state index contributed by atoms with van der Waals surface area (Å²) in [5.74, 6) is -0.906. The number of nitrogens with zero attached hydrogens (tertiary/aromatic N) is 3. The maximum atomic E-state index is 10.8. The number of carboxylic acid groups (broad SMARTS) is 1. The molecule has 94 valence electrons. The standard InChI is InChI=1S/C13H15N3O2/c1-15(8-10-7-14-16(2)9-10)12-5-3-11(4-6-12)13(17)18/h3-7,9H,8H2,1-2H3,(H,17,18). The number of rotatable bonds is 4. The van der Waals surface area contributed by atoms with Gasteiger partial charge in [0, 0.05) is 38.1 Å².